The Morgan fingerprint density at radius 3 is 2.45 bits per heavy atom. The van der Waals surface area contributed by atoms with E-state index in [1.54, 1.807) is 7.11 Å². The molecule has 1 atom stereocenters. The van der Waals surface area contributed by atoms with Crippen LogP contribution in [0.5, 0.6) is 11.5 Å². The summed E-state index contributed by atoms with van der Waals surface area (Å²) in [5.74, 6) is 1.77. The van der Waals surface area contributed by atoms with E-state index in [1.165, 1.54) is 5.56 Å². The summed E-state index contributed by atoms with van der Waals surface area (Å²) in [5, 5.41) is 3.47. The van der Waals surface area contributed by atoms with Crippen LogP contribution < -0.4 is 14.8 Å². The molecule has 0 spiro atoms. The van der Waals surface area contributed by atoms with Gasteiger partial charge in [-0.2, -0.15) is 0 Å². The monoisotopic (exact) mass is 271 g/mol. The Labute approximate surface area is 120 Å². The van der Waals surface area contributed by atoms with Crippen LogP contribution in [-0.4, -0.2) is 13.7 Å². The fourth-order valence-electron chi connectivity index (χ4n) is 2.06. The van der Waals surface area contributed by atoms with Crippen molar-refractivity contribution in [2.24, 2.45) is 0 Å². The smallest absolute Gasteiger partial charge is 0.119 e. The third-order valence-electron chi connectivity index (χ3n) is 3.14. The molecule has 0 aromatic heterocycles. The highest BCUT2D eigenvalue weighted by atomic mass is 16.5. The van der Waals surface area contributed by atoms with Gasteiger partial charge >= 0.3 is 0 Å². The van der Waals surface area contributed by atoms with Crippen molar-refractivity contribution in [1.29, 1.82) is 0 Å². The van der Waals surface area contributed by atoms with Gasteiger partial charge in [0.15, 0.2) is 0 Å². The molecule has 3 heteroatoms. The number of hydrogen-bond acceptors (Lipinski definition) is 3. The summed E-state index contributed by atoms with van der Waals surface area (Å²) in [6.45, 7) is 4.80. The van der Waals surface area contributed by atoms with Gasteiger partial charge in [-0.3, -0.25) is 0 Å². The van der Waals surface area contributed by atoms with Crippen molar-refractivity contribution in [2.45, 2.75) is 19.9 Å². The molecule has 2 rings (SSSR count). The van der Waals surface area contributed by atoms with E-state index in [9.17, 15) is 0 Å². The first-order valence-corrected chi connectivity index (χ1v) is 6.86. The van der Waals surface area contributed by atoms with Gasteiger partial charge in [-0.15, -0.1) is 0 Å². The lowest BCUT2D eigenvalue weighted by atomic mass is 10.1. The normalized spacial score (nSPS) is 11.8. The van der Waals surface area contributed by atoms with Gasteiger partial charge in [-0.1, -0.05) is 12.1 Å². The van der Waals surface area contributed by atoms with Crippen LogP contribution in [0.2, 0.25) is 0 Å². The van der Waals surface area contributed by atoms with E-state index in [1.807, 2.05) is 49.4 Å². The second-order valence-corrected chi connectivity index (χ2v) is 4.60. The number of ether oxygens (including phenoxy) is 2. The van der Waals surface area contributed by atoms with Crippen LogP contribution in [0, 0.1) is 0 Å². The summed E-state index contributed by atoms with van der Waals surface area (Å²) in [6, 6.07) is 16.3. The third-order valence-corrected chi connectivity index (χ3v) is 3.14. The molecule has 20 heavy (non-hydrogen) atoms. The van der Waals surface area contributed by atoms with Crippen LogP contribution in [0.4, 0.5) is 5.69 Å². The number of anilines is 1. The van der Waals surface area contributed by atoms with Crippen molar-refractivity contribution in [3.63, 3.8) is 0 Å². The van der Waals surface area contributed by atoms with Crippen LogP contribution in [0.3, 0.4) is 0 Å². The number of benzene rings is 2. The molecule has 1 unspecified atom stereocenters. The van der Waals surface area contributed by atoms with Gasteiger partial charge in [-0.05, 0) is 55.8 Å². The van der Waals surface area contributed by atoms with E-state index in [0.717, 1.165) is 17.2 Å². The molecule has 3 nitrogen and oxygen atoms in total. The molecule has 0 fully saturated rings. The van der Waals surface area contributed by atoms with Crippen molar-refractivity contribution in [1.82, 2.24) is 0 Å². The molecule has 2 aromatic carbocycles. The summed E-state index contributed by atoms with van der Waals surface area (Å²) < 4.78 is 10.7. The van der Waals surface area contributed by atoms with Gasteiger partial charge in [0.25, 0.3) is 0 Å². The zero-order valence-electron chi connectivity index (χ0n) is 12.2. The summed E-state index contributed by atoms with van der Waals surface area (Å²) in [4.78, 5) is 0. The molecule has 0 amide bonds. The second kappa shape index (κ2) is 6.85. The van der Waals surface area contributed by atoms with Gasteiger partial charge in [0, 0.05) is 11.7 Å². The SMILES string of the molecule is CCOc1ccc(NC(C)c2cccc(OC)c2)cc1. The zero-order chi connectivity index (χ0) is 14.4. The minimum absolute atomic E-state index is 0.211. The lowest BCUT2D eigenvalue weighted by molar-refractivity contribution is 0.340. The predicted molar refractivity (Wildman–Crippen MR) is 82.6 cm³/mol. The van der Waals surface area contributed by atoms with Gasteiger partial charge in [0.1, 0.15) is 11.5 Å². The maximum absolute atomic E-state index is 5.44. The largest absolute Gasteiger partial charge is 0.497 e. The Balaban J connectivity index is 2.04. The Morgan fingerprint density at radius 2 is 1.80 bits per heavy atom. The van der Waals surface area contributed by atoms with Crippen LogP contribution in [0.15, 0.2) is 48.5 Å². The number of rotatable bonds is 6. The molecular formula is C17H21NO2. The molecule has 0 saturated heterocycles. The standard InChI is InChI=1S/C17H21NO2/c1-4-20-16-10-8-15(9-11-16)18-13(2)14-6-5-7-17(12-14)19-3/h5-13,18H,4H2,1-3H3. The highest BCUT2D eigenvalue weighted by molar-refractivity contribution is 5.48. The molecule has 1 N–H and O–H groups in total. The molecule has 0 radical (unpaired) electrons. The number of methoxy groups -OCH3 is 1. The Kier molecular flexibility index (Phi) is 4.88. The maximum atomic E-state index is 5.44. The molecule has 106 valence electrons. The Bertz CT molecular complexity index is 537. The summed E-state index contributed by atoms with van der Waals surface area (Å²) >= 11 is 0. The summed E-state index contributed by atoms with van der Waals surface area (Å²) in [7, 11) is 1.68. The second-order valence-electron chi connectivity index (χ2n) is 4.60. The third kappa shape index (κ3) is 3.67. The summed E-state index contributed by atoms with van der Waals surface area (Å²) in [5.41, 5.74) is 2.27. The van der Waals surface area contributed by atoms with Gasteiger partial charge < -0.3 is 14.8 Å². The van der Waals surface area contributed by atoms with Crippen molar-refractivity contribution < 1.29 is 9.47 Å². The fraction of sp³-hybridized carbons (Fsp3) is 0.294. The van der Waals surface area contributed by atoms with Crippen molar-refractivity contribution in [2.75, 3.05) is 19.0 Å². The lowest BCUT2D eigenvalue weighted by Crippen LogP contribution is -2.06. The van der Waals surface area contributed by atoms with Gasteiger partial charge in [0.2, 0.25) is 0 Å². The minimum atomic E-state index is 0.211. The van der Waals surface area contributed by atoms with Crippen LogP contribution in [-0.2, 0) is 0 Å². The van der Waals surface area contributed by atoms with E-state index in [2.05, 4.69) is 18.3 Å². The van der Waals surface area contributed by atoms with E-state index in [4.69, 9.17) is 9.47 Å². The molecule has 2 aromatic rings. The molecule has 0 aliphatic carbocycles. The Morgan fingerprint density at radius 1 is 1.05 bits per heavy atom. The highest BCUT2D eigenvalue weighted by Crippen LogP contribution is 2.24. The average Bonchev–Trinajstić information content (AvgIpc) is 2.49. The van der Waals surface area contributed by atoms with E-state index < -0.39 is 0 Å². The first-order chi connectivity index (χ1) is 9.72. The molecular weight excluding hydrogens is 250 g/mol. The molecule has 0 bridgehead atoms. The average molecular weight is 271 g/mol. The molecule has 0 aliphatic rings. The van der Waals surface area contributed by atoms with Crippen molar-refractivity contribution in [3.8, 4) is 11.5 Å². The Hall–Kier alpha value is -2.16. The highest BCUT2D eigenvalue weighted by Gasteiger charge is 2.06. The van der Waals surface area contributed by atoms with E-state index in [-0.39, 0.29) is 6.04 Å². The number of nitrogens with one attached hydrogen (secondary N) is 1. The predicted octanol–water partition coefficient (Wildman–Crippen LogP) is 4.27. The molecule has 0 saturated carbocycles. The summed E-state index contributed by atoms with van der Waals surface area (Å²) in [6.07, 6.45) is 0. The van der Waals surface area contributed by atoms with Gasteiger partial charge in [-0.25, -0.2) is 0 Å². The topological polar surface area (TPSA) is 30.5 Å². The van der Waals surface area contributed by atoms with Crippen molar-refractivity contribution >= 4 is 5.69 Å². The molecule has 0 aliphatic heterocycles. The minimum Gasteiger partial charge on any atom is -0.497 e. The van der Waals surface area contributed by atoms with Crippen molar-refractivity contribution in [3.05, 3.63) is 54.1 Å². The van der Waals surface area contributed by atoms with E-state index >= 15 is 0 Å². The van der Waals surface area contributed by atoms with Gasteiger partial charge in [0.05, 0.1) is 13.7 Å². The van der Waals surface area contributed by atoms with Crippen LogP contribution in [0.25, 0.3) is 0 Å². The number of hydrogen-bond donors (Lipinski definition) is 1. The first-order valence-electron chi connectivity index (χ1n) is 6.86. The molecule has 0 heterocycles. The first kappa shape index (κ1) is 14.3. The fourth-order valence-corrected chi connectivity index (χ4v) is 2.06. The maximum Gasteiger partial charge on any atom is 0.119 e. The van der Waals surface area contributed by atoms with E-state index in [0.29, 0.717) is 6.61 Å². The zero-order valence-corrected chi connectivity index (χ0v) is 12.2. The lowest BCUT2D eigenvalue weighted by Gasteiger charge is -2.16. The quantitative estimate of drug-likeness (QED) is 0.851. The van der Waals surface area contributed by atoms with Crippen LogP contribution in [0.1, 0.15) is 25.5 Å². The van der Waals surface area contributed by atoms with Crippen LogP contribution >= 0.6 is 0 Å².